The van der Waals surface area contributed by atoms with Crippen LogP contribution in [-0.2, 0) is 12.8 Å². The molecule has 37 heavy (non-hydrogen) atoms. The number of unbranched alkanes of at least 4 members (excludes halogenated alkanes) is 12. The molecular formula is C32H46MgO4. The van der Waals surface area contributed by atoms with Crippen LogP contribution in [0.15, 0.2) is 36.4 Å². The van der Waals surface area contributed by atoms with Gasteiger partial charge in [0.05, 0.1) is 0 Å². The van der Waals surface area contributed by atoms with Crippen LogP contribution < -0.4 is 10.2 Å². The molecule has 0 spiro atoms. The molecule has 0 aromatic heterocycles. The maximum atomic E-state index is 11.2. The molecule has 2 aromatic rings. The second-order valence-corrected chi connectivity index (χ2v) is 9.72. The zero-order valence-electron chi connectivity index (χ0n) is 23.3. The summed E-state index contributed by atoms with van der Waals surface area (Å²) < 4.78 is 0. The van der Waals surface area contributed by atoms with Crippen LogP contribution in [0.5, 0.6) is 11.5 Å². The summed E-state index contributed by atoms with van der Waals surface area (Å²) in [5, 5.41) is 22.5. The van der Waals surface area contributed by atoms with E-state index in [0.29, 0.717) is 12.6 Å². The summed E-state index contributed by atoms with van der Waals surface area (Å²) in [5.41, 5.74) is 2.78. The van der Waals surface area contributed by atoms with Gasteiger partial charge in [0, 0.05) is 11.1 Å². The van der Waals surface area contributed by atoms with Crippen molar-refractivity contribution in [3.8, 4) is 11.5 Å². The molecular weight excluding hydrogens is 473 g/mol. The smallest absolute Gasteiger partial charge is 0.872 e. The quantitative estimate of drug-likeness (QED) is 0.117. The zero-order valence-corrected chi connectivity index (χ0v) is 24.7. The van der Waals surface area contributed by atoms with Crippen molar-refractivity contribution in [2.45, 2.75) is 117 Å². The second-order valence-electron chi connectivity index (χ2n) is 9.72. The van der Waals surface area contributed by atoms with Gasteiger partial charge in [-0.3, -0.25) is 9.59 Å². The van der Waals surface area contributed by atoms with E-state index in [4.69, 9.17) is 0 Å². The predicted molar refractivity (Wildman–Crippen MR) is 152 cm³/mol. The summed E-state index contributed by atoms with van der Waals surface area (Å²) in [6, 6.07) is 10.1. The maximum absolute atomic E-state index is 11.2. The normalized spacial score (nSPS) is 10.2. The van der Waals surface area contributed by atoms with Crippen molar-refractivity contribution in [2.75, 3.05) is 0 Å². The monoisotopic (exact) mass is 518 g/mol. The van der Waals surface area contributed by atoms with E-state index >= 15 is 0 Å². The molecule has 2 aromatic carbocycles. The fourth-order valence-corrected chi connectivity index (χ4v) is 4.26. The van der Waals surface area contributed by atoms with Crippen LogP contribution >= 0.6 is 0 Å². The molecule has 4 nitrogen and oxygen atoms in total. The standard InChI is InChI=1S/2C16H24O2.Mg/c2*1-2-3-4-5-6-7-8-9-14-10-11-16(18)15(12-14)13-17;/h2*10-13,18H,2-9H2,1H3;/q;;+2/p-2. The third-order valence-corrected chi connectivity index (χ3v) is 6.54. The molecule has 0 atom stereocenters. The van der Waals surface area contributed by atoms with Crippen LogP contribution in [0.2, 0.25) is 0 Å². The van der Waals surface area contributed by atoms with Crippen molar-refractivity contribution in [1.82, 2.24) is 0 Å². The molecule has 0 saturated carbocycles. The molecule has 0 heterocycles. The number of hydrogen-bond acceptors (Lipinski definition) is 4. The van der Waals surface area contributed by atoms with E-state index in [1.165, 1.54) is 89.2 Å². The number of rotatable bonds is 18. The molecule has 200 valence electrons. The van der Waals surface area contributed by atoms with E-state index in [-0.39, 0.29) is 45.7 Å². The Morgan fingerprint density at radius 3 is 1.19 bits per heavy atom. The van der Waals surface area contributed by atoms with Crippen molar-refractivity contribution in [2.24, 2.45) is 0 Å². The Morgan fingerprint density at radius 1 is 0.541 bits per heavy atom. The van der Waals surface area contributed by atoms with Gasteiger partial charge in [-0.15, -0.1) is 0 Å². The summed E-state index contributed by atoms with van der Waals surface area (Å²) in [6.07, 6.45) is 21.2. The molecule has 0 amide bonds. The summed E-state index contributed by atoms with van der Waals surface area (Å²) in [6.45, 7) is 4.45. The number of aldehydes is 2. The Bertz CT molecular complexity index is 794. The SMILES string of the molecule is CCCCCCCCCc1ccc([O-])c(C=O)c1.CCCCCCCCCc1ccc([O-])c(C=O)c1.[Mg+2]. The Kier molecular flexibility index (Phi) is 22.1. The Balaban J connectivity index is 0.000000682. The summed E-state index contributed by atoms with van der Waals surface area (Å²) in [4.78, 5) is 21.3. The average molecular weight is 519 g/mol. The van der Waals surface area contributed by atoms with Gasteiger partial charge < -0.3 is 10.2 Å². The Morgan fingerprint density at radius 2 is 0.865 bits per heavy atom. The molecule has 0 unspecified atom stereocenters. The minimum absolute atomic E-state index is 0. The van der Waals surface area contributed by atoms with Gasteiger partial charge in [-0.2, -0.15) is 0 Å². The first-order chi connectivity index (χ1) is 17.5. The van der Waals surface area contributed by atoms with Crippen LogP contribution in [-0.4, -0.2) is 35.6 Å². The van der Waals surface area contributed by atoms with Gasteiger partial charge in [0.2, 0.25) is 0 Å². The number of carbonyl (C=O) groups is 2. The van der Waals surface area contributed by atoms with E-state index < -0.39 is 0 Å². The Hall–Kier alpha value is -1.85. The summed E-state index contributed by atoms with van der Waals surface area (Å²) in [7, 11) is 0. The van der Waals surface area contributed by atoms with E-state index in [9.17, 15) is 19.8 Å². The van der Waals surface area contributed by atoms with Gasteiger partial charge in [0.1, 0.15) is 12.6 Å². The van der Waals surface area contributed by atoms with Crippen LogP contribution in [0.1, 0.15) is 136 Å². The van der Waals surface area contributed by atoms with E-state index in [2.05, 4.69) is 13.8 Å². The molecule has 0 saturated heterocycles. The third-order valence-electron chi connectivity index (χ3n) is 6.54. The van der Waals surface area contributed by atoms with Crippen LogP contribution in [0.25, 0.3) is 0 Å². The number of aryl methyl sites for hydroxylation is 2. The van der Waals surface area contributed by atoms with Gasteiger partial charge in [-0.25, -0.2) is 0 Å². The van der Waals surface area contributed by atoms with Gasteiger partial charge in [0.15, 0.2) is 0 Å². The van der Waals surface area contributed by atoms with Crippen LogP contribution in [0, 0.1) is 0 Å². The van der Waals surface area contributed by atoms with Crippen molar-refractivity contribution in [1.29, 1.82) is 0 Å². The minimum atomic E-state index is -0.173. The first kappa shape index (κ1) is 35.1. The number of benzene rings is 2. The predicted octanol–water partition coefficient (Wildman–Crippen LogP) is 7.35. The van der Waals surface area contributed by atoms with Crippen molar-refractivity contribution in [3.05, 3.63) is 58.7 Å². The summed E-state index contributed by atoms with van der Waals surface area (Å²) >= 11 is 0. The molecule has 0 aliphatic heterocycles. The van der Waals surface area contributed by atoms with Gasteiger partial charge in [0.25, 0.3) is 0 Å². The van der Waals surface area contributed by atoms with E-state index in [1.807, 2.05) is 12.1 Å². The first-order valence-electron chi connectivity index (χ1n) is 14.1. The molecule has 0 radical (unpaired) electrons. The molecule has 0 bridgehead atoms. The average Bonchev–Trinajstić information content (AvgIpc) is 2.89. The van der Waals surface area contributed by atoms with Crippen molar-refractivity contribution < 1.29 is 19.8 Å². The third kappa shape index (κ3) is 16.6. The van der Waals surface area contributed by atoms with E-state index in [1.54, 1.807) is 12.1 Å². The minimum Gasteiger partial charge on any atom is -0.872 e. The van der Waals surface area contributed by atoms with Crippen LogP contribution in [0.3, 0.4) is 0 Å². The van der Waals surface area contributed by atoms with E-state index in [0.717, 1.165) is 36.8 Å². The number of carbonyl (C=O) groups excluding carboxylic acids is 2. The zero-order chi connectivity index (χ0) is 26.4. The van der Waals surface area contributed by atoms with Crippen molar-refractivity contribution >= 4 is 35.6 Å². The summed E-state index contributed by atoms with van der Waals surface area (Å²) in [5.74, 6) is -0.346. The largest absolute Gasteiger partial charge is 2.00 e. The molecule has 0 aliphatic carbocycles. The second kappa shape index (κ2) is 23.3. The van der Waals surface area contributed by atoms with Gasteiger partial charge in [-0.1, -0.05) is 127 Å². The molecule has 5 heteroatoms. The van der Waals surface area contributed by atoms with Crippen LogP contribution in [0.4, 0.5) is 0 Å². The first-order valence-corrected chi connectivity index (χ1v) is 14.1. The molecule has 0 N–H and O–H groups in total. The van der Waals surface area contributed by atoms with Gasteiger partial charge in [-0.05, 0) is 48.9 Å². The maximum Gasteiger partial charge on any atom is 2.00 e. The van der Waals surface area contributed by atoms with Crippen molar-refractivity contribution in [3.63, 3.8) is 0 Å². The molecule has 0 aliphatic rings. The fourth-order valence-electron chi connectivity index (χ4n) is 4.26. The molecule has 2 rings (SSSR count). The van der Waals surface area contributed by atoms with Gasteiger partial charge >= 0.3 is 23.1 Å². The molecule has 0 fully saturated rings. The Labute approximate surface area is 241 Å². The topological polar surface area (TPSA) is 80.3 Å². The number of hydrogen-bond donors (Lipinski definition) is 0. The fraction of sp³-hybridized carbons (Fsp3) is 0.562.